The van der Waals surface area contributed by atoms with Gasteiger partial charge in [0.25, 0.3) is 0 Å². The zero-order valence-corrected chi connectivity index (χ0v) is 22.5. The summed E-state index contributed by atoms with van der Waals surface area (Å²) >= 11 is 1.33. The van der Waals surface area contributed by atoms with Crippen LogP contribution in [0.5, 0.6) is 11.5 Å². The SMILES string of the molecule is O=c1oc2ccccc2c(O)c1SC1CC(c2ccc(OCc3ccc(C(F)(F)F)cc3)cc2)Cc2ccccc21. The Labute approximate surface area is 238 Å². The van der Waals surface area contributed by atoms with Crippen molar-refractivity contribution in [2.75, 3.05) is 0 Å². The number of hydrogen-bond donors (Lipinski definition) is 1. The number of benzene rings is 4. The lowest BCUT2D eigenvalue weighted by molar-refractivity contribution is -0.137. The molecule has 2 unspecified atom stereocenters. The molecule has 0 spiro atoms. The number of halogens is 3. The van der Waals surface area contributed by atoms with Gasteiger partial charge < -0.3 is 14.3 Å². The van der Waals surface area contributed by atoms with Crippen LogP contribution in [0.4, 0.5) is 13.2 Å². The molecule has 208 valence electrons. The van der Waals surface area contributed by atoms with Gasteiger partial charge in [0, 0.05) is 5.25 Å². The fourth-order valence-electron chi connectivity index (χ4n) is 5.29. The van der Waals surface area contributed by atoms with Crippen LogP contribution < -0.4 is 10.4 Å². The molecule has 41 heavy (non-hydrogen) atoms. The van der Waals surface area contributed by atoms with Crippen molar-refractivity contribution in [1.82, 2.24) is 0 Å². The molecular formula is C33H25F3O4S. The summed E-state index contributed by atoms with van der Waals surface area (Å²) in [6, 6.07) is 27.8. The Balaban J connectivity index is 1.20. The van der Waals surface area contributed by atoms with E-state index in [0.717, 1.165) is 36.1 Å². The second-order valence-electron chi connectivity index (χ2n) is 10.1. The Morgan fingerprint density at radius 2 is 1.61 bits per heavy atom. The summed E-state index contributed by atoms with van der Waals surface area (Å²) in [5.41, 5.74) is 3.19. The van der Waals surface area contributed by atoms with Crippen LogP contribution in [-0.4, -0.2) is 5.11 Å². The number of thioether (sulfide) groups is 1. The van der Waals surface area contributed by atoms with E-state index in [1.54, 1.807) is 24.3 Å². The van der Waals surface area contributed by atoms with E-state index in [1.807, 2.05) is 36.4 Å². The summed E-state index contributed by atoms with van der Waals surface area (Å²) in [4.78, 5) is 13.0. The predicted molar refractivity (Wildman–Crippen MR) is 152 cm³/mol. The minimum atomic E-state index is -4.37. The van der Waals surface area contributed by atoms with E-state index < -0.39 is 17.4 Å². The Bertz CT molecular complexity index is 1740. The molecule has 0 saturated carbocycles. The minimum Gasteiger partial charge on any atom is -0.506 e. The number of aromatic hydroxyl groups is 1. The largest absolute Gasteiger partial charge is 0.506 e. The molecule has 0 saturated heterocycles. The highest BCUT2D eigenvalue weighted by Gasteiger charge is 2.31. The summed E-state index contributed by atoms with van der Waals surface area (Å²) in [6.07, 6.45) is -2.79. The first-order valence-electron chi connectivity index (χ1n) is 13.1. The molecule has 8 heteroatoms. The summed E-state index contributed by atoms with van der Waals surface area (Å²) in [6.45, 7) is 0.158. The number of ether oxygens (including phenoxy) is 1. The van der Waals surface area contributed by atoms with Crippen LogP contribution in [0.25, 0.3) is 11.0 Å². The molecule has 0 fully saturated rings. The van der Waals surface area contributed by atoms with Gasteiger partial charge >= 0.3 is 11.8 Å². The minimum absolute atomic E-state index is 0.0593. The maximum absolute atomic E-state index is 12.8. The molecule has 1 N–H and O–H groups in total. The van der Waals surface area contributed by atoms with Crippen molar-refractivity contribution in [2.24, 2.45) is 0 Å². The van der Waals surface area contributed by atoms with Crippen LogP contribution in [0, 0.1) is 0 Å². The molecule has 4 nitrogen and oxygen atoms in total. The second kappa shape index (κ2) is 11.0. The third-order valence-corrected chi connectivity index (χ3v) is 8.74. The molecule has 0 radical (unpaired) electrons. The van der Waals surface area contributed by atoms with Crippen LogP contribution in [0.15, 0.2) is 111 Å². The van der Waals surface area contributed by atoms with Crippen LogP contribution in [0.1, 0.15) is 45.4 Å². The Hall–Kier alpha value is -4.17. The standard InChI is InChI=1S/C33H25F3O4S/c34-33(35,36)24-13-9-20(10-14-24)19-39-25-15-11-21(12-16-25)23-17-22-5-1-2-6-26(22)29(18-23)41-31-30(37)27-7-3-4-8-28(27)40-32(31)38/h1-16,23,29,37H,17-19H2. The highest BCUT2D eigenvalue weighted by Crippen LogP contribution is 2.49. The first-order valence-corrected chi connectivity index (χ1v) is 14.0. The lowest BCUT2D eigenvalue weighted by Crippen LogP contribution is -2.17. The van der Waals surface area contributed by atoms with E-state index in [9.17, 15) is 23.1 Å². The van der Waals surface area contributed by atoms with E-state index in [-0.39, 0.29) is 28.4 Å². The summed E-state index contributed by atoms with van der Waals surface area (Å²) in [7, 11) is 0. The highest BCUT2D eigenvalue weighted by atomic mass is 32.2. The smallest absolute Gasteiger partial charge is 0.416 e. The molecule has 0 bridgehead atoms. The van der Waals surface area contributed by atoms with E-state index >= 15 is 0 Å². The normalized spacial score (nSPS) is 16.9. The molecular weight excluding hydrogens is 549 g/mol. The van der Waals surface area contributed by atoms with Crippen molar-refractivity contribution in [3.63, 3.8) is 0 Å². The summed E-state index contributed by atoms with van der Waals surface area (Å²) in [5.74, 6) is 0.728. The summed E-state index contributed by atoms with van der Waals surface area (Å²) < 4.78 is 49.7. The molecule has 0 aliphatic heterocycles. The third kappa shape index (κ3) is 5.70. The molecule has 1 aliphatic rings. The Morgan fingerprint density at radius 3 is 2.37 bits per heavy atom. The number of alkyl halides is 3. The van der Waals surface area contributed by atoms with Crippen molar-refractivity contribution in [1.29, 1.82) is 0 Å². The molecule has 4 aromatic carbocycles. The molecule has 1 aliphatic carbocycles. The van der Waals surface area contributed by atoms with Crippen LogP contribution in [0.2, 0.25) is 0 Å². The van der Waals surface area contributed by atoms with Gasteiger partial charge in [-0.3, -0.25) is 0 Å². The number of hydrogen-bond acceptors (Lipinski definition) is 5. The van der Waals surface area contributed by atoms with Crippen molar-refractivity contribution >= 4 is 22.7 Å². The average Bonchev–Trinajstić information content (AvgIpc) is 2.98. The fourth-order valence-corrected chi connectivity index (χ4v) is 6.62. The van der Waals surface area contributed by atoms with Gasteiger partial charge in [0.1, 0.15) is 28.6 Å². The highest BCUT2D eigenvalue weighted by molar-refractivity contribution is 7.99. The van der Waals surface area contributed by atoms with Gasteiger partial charge in [-0.25, -0.2) is 4.79 Å². The maximum atomic E-state index is 12.8. The number of fused-ring (bicyclic) bond motifs is 2. The maximum Gasteiger partial charge on any atom is 0.416 e. The third-order valence-electron chi connectivity index (χ3n) is 7.41. The topological polar surface area (TPSA) is 59.7 Å². The van der Waals surface area contributed by atoms with E-state index in [0.29, 0.717) is 22.3 Å². The van der Waals surface area contributed by atoms with Gasteiger partial charge in [-0.2, -0.15) is 13.2 Å². The number of para-hydroxylation sites is 1. The monoisotopic (exact) mass is 574 g/mol. The van der Waals surface area contributed by atoms with Crippen molar-refractivity contribution in [2.45, 2.75) is 41.7 Å². The van der Waals surface area contributed by atoms with Crippen molar-refractivity contribution in [3.8, 4) is 11.5 Å². The lowest BCUT2D eigenvalue weighted by atomic mass is 9.80. The Kier molecular flexibility index (Phi) is 7.26. The van der Waals surface area contributed by atoms with Crippen molar-refractivity contribution in [3.05, 3.63) is 135 Å². The molecule has 0 amide bonds. The molecule has 6 rings (SSSR count). The quantitative estimate of drug-likeness (QED) is 0.206. The van der Waals surface area contributed by atoms with Gasteiger partial charge in [-0.15, -0.1) is 11.8 Å². The summed E-state index contributed by atoms with van der Waals surface area (Å²) in [5, 5.41) is 11.4. The molecule has 1 aromatic heterocycles. The van der Waals surface area contributed by atoms with Gasteiger partial charge in [0.15, 0.2) is 0 Å². The van der Waals surface area contributed by atoms with E-state index in [2.05, 4.69) is 12.1 Å². The zero-order chi connectivity index (χ0) is 28.6. The molecule has 2 atom stereocenters. The lowest BCUT2D eigenvalue weighted by Gasteiger charge is -2.31. The van der Waals surface area contributed by atoms with Crippen LogP contribution in [0.3, 0.4) is 0 Å². The zero-order valence-electron chi connectivity index (χ0n) is 21.7. The van der Waals surface area contributed by atoms with Crippen LogP contribution in [-0.2, 0) is 19.2 Å². The molecule has 1 heterocycles. The van der Waals surface area contributed by atoms with Crippen LogP contribution >= 0.6 is 11.8 Å². The van der Waals surface area contributed by atoms with Gasteiger partial charge in [-0.05, 0) is 77.4 Å². The van der Waals surface area contributed by atoms with Crippen molar-refractivity contribution < 1.29 is 27.4 Å². The second-order valence-corrected chi connectivity index (χ2v) is 11.3. The van der Waals surface area contributed by atoms with E-state index in [4.69, 9.17) is 9.15 Å². The number of rotatable bonds is 6. The van der Waals surface area contributed by atoms with Gasteiger partial charge in [-0.1, -0.05) is 60.7 Å². The average molecular weight is 575 g/mol. The predicted octanol–water partition coefficient (Wildman–Crippen LogP) is 8.66. The first-order chi connectivity index (χ1) is 19.8. The van der Waals surface area contributed by atoms with Gasteiger partial charge in [0.2, 0.25) is 0 Å². The van der Waals surface area contributed by atoms with Gasteiger partial charge in [0.05, 0.1) is 10.9 Å². The first kappa shape index (κ1) is 27.0. The van der Waals surface area contributed by atoms with E-state index in [1.165, 1.54) is 29.5 Å². The Morgan fingerprint density at radius 1 is 0.902 bits per heavy atom. The fraction of sp³-hybridized carbons (Fsp3) is 0.182. The molecule has 5 aromatic rings.